The van der Waals surface area contributed by atoms with E-state index in [-0.39, 0.29) is 12.5 Å². The first-order valence-corrected chi connectivity index (χ1v) is 7.30. The predicted molar refractivity (Wildman–Crippen MR) is 82.8 cm³/mol. The van der Waals surface area contributed by atoms with Crippen LogP contribution in [0, 0.1) is 0 Å². The first-order valence-electron chi connectivity index (χ1n) is 7.30. The zero-order valence-electron chi connectivity index (χ0n) is 12.3. The largest absolute Gasteiger partial charge is 0.484 e. The first-order chi connectivity index (χ1) is 10.8. The summed E-state index contributed by atoms with van der Waals surface area (Å²) in [5, 5.41) is 0. The molecule has 0 radical (unpaired) electrons. The van der Waals surface area contributed by atoms with Crippen molar-refractivity contribution in [1.29, 1.82) is 0 Å². The summed E-state index contributed by atoms with van der Waals surface area (Å²) in [6, 6.07) is 11.2. The van der Waals surface area contributed by atoms with Crippen LogP contribution >= 0.6 is 0 Å². The number of piperazine rings is 1. The molecule has 2 aromatic rings. The maximum atomic E-state index is 12.2. The minimum Gasteiger partial charge on any atom is -0.484 e. The third-order valence-electron chi connectivity index (χ3n) is 3.57. The third kappa shape index (κ3) is 3.52. The lowest BCUT2D eigenvalue weighted by Gasteiger charge is -2.34. The molecular weight excluding hydrogens is 280 g/mol. The predicted octanol–water partition coefficient (Wildman–Crippen LogP) is 1.20. The standard InChI is InChI=1S/C16H18N4O2/c21-15(13-22-14-5-2-1-3-6-14)19-9-11-20(12-10-19)16-17-7-4-8-18-16/h1-8H,9-13H2. The Labute approximate surface area is 129 Å². The zero-order chi connectivity index (χ0) is 15.2. The van der Waals surface area contributed by atoms with Crippen LogP contribution in [-0.4, -0.2) is 53.6 Å². The molecule has 3 rings (SSSR count). The molecule has 1 aliphatic heterocycles. The molecular formula is C16H18N4O2. The van der Waals surface area contributed by atoms with Gasteiger partial charge < -0.3 is 14.5 Å². The van der Waals surface area contributed by atoms with Crippen molar-refractivity contribution < 1.29 is 9.53 Å². The van der Waals surface area contributed by atoms with Crippen LogP contribution in [0.2, 0.25) is 0 Å². The Hall–Kier alpha value is -2.63. The fraction of sp³-hybridized carbons (Fsp3) is 0.312. The molecule has 0 spiro atoms. The van der Waals surface area contributed by atoms with Gasteiger partial charge in [0.1, 0.15) is 5.75 Å². The van der Waals surface area contributed by atoms with E-state index >= 15 is 0 Å². The second-order valence-electron chi connectivity index (χ2n) is 5.02. The first kappa shape index (κ1) is 14.3. The van der Waals surface area contributed by atoms with Gasteiger partial charge in [-0.3, -0.25) is 4.79 Å². The molecule has 1 amide bonds. The maximum absolute atomic E-state index is 12.2. The van der Waals surface area contributed by atoms with E-state index in [2.05, 4.69) is 14.9 Å². The molecule has 1 aliphatic rings. The molecule has 6 nitrogen and oxygen atoms in total. The van der Waals surface area contributed by atoms with Crippen molar-refractivity contribution in [3.63, 3.8) is 0 Å². The van der Waals surface area contributed by atoms with E-state index in [4.69, 9.17) is 4.74 Å². The van der Waals surface area contributed by atoms with Gasteiger partial charge in [0.15, 0.2) is 6.61 Å². The van der Waals surface area contributed by atoms with E-state index in [1.54, 1.807) is 18.5 Å². The summed E-state index contributed by atoms with van der Waals surface area (Å²) in [5.74, 6) is 1.44. The molecule has 0 atom stereocenters. The van der Waals surface area contributed by atoms with Crippen molar-refractivity contribution in [3.05, 3.63) is 48.8 Å². The number of aromatic nitrogens is 2. The molecule has 1 aromatic heterocycles. The number of amides is 1. The van der Waals surface area contributed by atoms with Crippen molar-refractivity contribution in [2.75, 3.05) is 37.7 Å². The maximum Gasteiger partial charge on any atom is 0.260 e. The van der Waals surface area contributed by atoms with Crippen LogP contribution in [0.3, 0.4) is 0 Å². The van der Waals surface area contributed by atoms with Crippen molar-refractivity contribution in [2.24, 2.45) is 0 Å². The normalized spacial score (nSPS) is 14.7. The van der Waals surface area contributed by atoms with Crippen LogP contribution < -0.4 is 9.64 Å². The van der Waals surface area contributed by atoms with Gasteiger partial charge in [-0.1, -0.05) is 18.2 Å². The van der Waals surface area contributed by atoms with Gasteiger partial charge in [0.05, 0.1) is 0 Å². The molecule has 0 saturated carbocycles. The van der Waals surface area contributed by atoms with Crippen LogP contribution in [0.4, 0.5) is 5.95 Å². The summed E-state index contributed by atoms with van der Waals surface area (Å²) in [4.78, 5) is 24.5. The lowest BCUT2D eigenvalue weighted by molar-refractivity contribution is -0.133. The van der Waals surface area contributed by atoms with E-state index in [1.807, 2.05) is 35.2 Å². The number of rotatable bonds is 4. The highest BCUT2D eigenvalue weighted by molar-refractivity contribution is 5.78. The number of nitrogens with zero attached hydrogens (tertiary/aromatic N) is 4. The number of hydrogen-bond donors (Lipinski definition) is 0. The number of benzene rings is 1. The zero-order valence-corrected chi connectivity index (χ0v) is 12.3. The van der Waals surface area contributed by atoms with Crippen molar-refractivity contribution in [1.82, 2.24) is 14.9 Å². The van der Waals surface area contributed by atoms with E-state index < -0.39 is 0 Å². The van der Waals surface area contributed by atoms with Gasteiger partial charge in [-0.15, -0.1) is 0 Å². The van der Waals surface area contributed by atoms with Gasteiger partial charge in [-0.25, -0.2) is 9.97 Å². The summed E-state index contributed by atoms with van der Waals surface area (Å²) in [6.45, 7) is 2.87. The second kappa shape index (κ2) is 6.89. The fourth-order valence-electron chi connectivity index (χ4n) is 2.36. The lowest BCUT2D eigenvalue weighted by Crippen LogP contribution is -2.50. The Bertz CT molecular complexity index is 598. The molecule has 114 valence electrons. The Balaban J connectivity index is 1.48. The molecule has 6 heteroatoms. The van der Waals surface area contributed by atoms with Gasteiger partial charge in [-0.05, 0) is 18.2 Å². The van der Waals surface area contributed by atoms with Gasteiger partial charge in [-0.2, -0.15) is 0 Å². The quantitative estimate of drug-likeness (QED) is 0.849. The highest BCUT2D eigenvalue weighted by atomic mass is 16.5. The highest BCUT2D eigenvalue weighted by Crippen LogP contribution is 2.11. The van der Waals surface area contributed by atoms with Gasteiger partial charge in [0, 0.05) is 38.6 Å². The molecule has 2 heterocycles. The van der Waals surface area contributed by atoms with Crippen molar-refractivity contribution in [3.8, 4) is 5.75 Å². The number of ether oxygens (including phenoxy) is 1. The monoisotopic (exact) mass is 298 g/mol. The summed E-state index contributed by atoms with van der Waals surface area (Å²) < 4.78 is 5.50. The van der Waals surface area contributed by atoms with Crippen molar-refractivity contribution in [2.45, 2.75) is 0 Å². The number of hydrogen-bond acceptors (Lipinski definition) is 5. The summed E-state index contributed by atoms with van der Waals surface area (Å²) >= 11 is 0. The number of para-hydroxylation sites is 1. The van der Waals surface area contributed by atoms with E-state index in [1.165, 1.54) is 0 Å². The molecule has 1 aromatic carbocycles. The van der Waals surface area contributed by atoms with Crippen LogP contribution in [-0.2, 0) is 4.79 Å². The van der Waals surface area contributed by atoms with E-state index in [0.717, 1.165) is 19.0 Å². The van der Waals surface area contributed by atoms with Gasteiger partial charge in [0.2, 0.25) is 5.95 Å². The number of carbonyl (C=O) groups is 1. The molecule has 0 bridgehead atoms. The Kier molecular flexibility index (Phi) is 4.48. The average Bonchev–Trinajstić information content (AvgIpc) is 2.61. The topological polar surface area (TPSA) is 58.6 Å². The number of carbonyl (C=O) groups excluding carboxylic acids is 1. The molecule has 0 N–H and O–H groups in total. The third-order valence-corrected chi connectivity index (χ3v) is 3.57. The fourth-order valence-corrected chi connectivity index (χ4v) is 2.36. The molecule has 22 heavy (non-hydrogen) atoms. The second-order valence-corrected chi connectivity index (χ2v) is 5.02. The Morgan fingerprint density at radius 3 is 2.36 bits per heavy atom. The Morgan fingerprint density at radius 1 is 1.00 bits per heavy atom. The summed E-state index contributed by atoms with van der Waals surface area (Å²) in [5.41, 5.74) is 0. The number of anilines is 1. The van der Waals surface area contributed by atoms with Gasteiger partial charge >= 0.3 is 0 Å². The smallest absolute Gasteiger partial charge is 0.260 e. The van der Waals surface area contributed by atoms with E-state index in [0.29, 0.717) is 18.8 Å². The average molecular weight is 298 g/mol. The Morgan fingerprint density at radius 2 is 1.68 bits per heavy atom. The minimum absolute atomic E-state index is 0.0116. The minimum atomic E-state index is 0.0116. The van der Waals surface area contributed by atoms with Crippen LogP contribution in [0.15, 0.2) is 48.8 Å². The van der Waals surface area contributed by atoms with E-state index in [9.17, 15) is 4.79 Å². The summed E-state index contributed by atoms with van der Waals surface area (Å²) in [6.07, 6.45) is 3.46. The van der Waals surface area contributed by atoms with Crippen LogP contribution in [0.1, 0.15) is 0 Å². The van der Waals surface area contributed by atoms with Crippen molar-refractivity contribution >= 4 is 11.9 Å². The SMILES string of the molecule is O=C(COc1ccccc1)N1CCN(c2ncccn2)CC1. The lowest BCUT2D eigenvalue weighted by atomic mass is 10.3. The molecule has 0 unspecified atom stereocenters. The van der Waals surface area contributed by atoms with Crippen LogP contribution in [0.25, 0.3) is 0 Å². The van der Waals surface area contributed by atoms with Crippen LogP contribution in [0.5, 0.6) is 5.75 Å². The van der Waals surface area contributed by atoms with Gasteiger partial charge in [0.25, 0.3) is 5.91 Å². The molecule has 1 fully saturated rings. The molecule has 0 aliphatic carbocycles. The highest BCUT2D eigenvalue weighted by Gasteiger charge is 2.22. The molecule has 1 saturated heterocycles. The summed E-state index contributed by atoms with van der Waals surface area (Å²) in [7, 11) is 0.